The van der Waals surface area contributed by atoms with Gasteiger partial charge in [0.2, 0.25) is 5.89 Å². The van der Waals surface area contributed by atoms with Gasteiger partial charge in [0.1, 0.15) is 11.3 Å². The van der Waals surface area contributed by atoms with E-state index in [-0.39, 0.29) is 5.11 Å². The highest BCUT2D eigenvalue weighted by atomic mass is 79.9. The molecule has 35 heavy (non-hydrogen) atoms. The monoisotopic (exact) mass is 565 g/mol. The van der Waals surface area contributed by atoms with E-state index in [0.717, 1.165) is 16.3 Å². The van der Waals surface area contributed by atoms with Crippen LogP contribution in [0.1, 0.15) is 10.4 Å². The van der Waals surface area contributed by atoms with Gasteiger partial charge < -0.3 is 14.5 Å². The van der Waals surface area contributed by atoms with Crippen molar-refractivity contribution in [3.05, 3.63) is 87.9 Å². The van der Waals surface area contributed by atoms with Crippen molar-refractivity contribution in [3.63, 3.8) is 0 Å². The third-order valence-corrected chi connectivity index (χ3v) is 6.56. The van der Waals surface area contributed by atoms with Gasteiger partial charge in [0.05, 0.1) is 17.1 Å². The molecule has 0 aliphatic carbocycles. The number of amides is 1. The number of fused-ring (bicyclic) bond motifs is 2. The molecule has 1 amide bonds. The van der Waals surface area contributed by atoms with E-state index in [4.69, 9.17) is 33.0 Å². The molecule has 0 aliphatic heterocycles. The van der Waals surface area contributed by atoms with Crippen molar-refractivity contribution in [2.24, 2.45) is 0 Å². The van der Waals surface area contributed by atoms with Crippen molar-refractivity contribution >= 4 is 78.3 Å². The number of thiocarbonyl (C=S) groups is 1. The van der Waals surface area contributed by atoms with Crippen LogP contribution < -0.4 is 15.4 Å². The number of rotatable bonds is 4. The normalized spacial score (nSPS) is 10.9. The highest BCUT2D eigenvalue weighted by Crippen LogP contribution is 2.36. The second kappa shape index (κ2) is 9.65. The van der Waals surface area contributed by atoms with Gasteiger partial charge in [-0.05, 0) is 81.4 Å². The maximum atomic E-state index is 13.0. The minimum absolute atomic E-state index is 0.138. The number of ether oxygens (including phenoxy) is 1. The van der Waals surface area contributed by atoms with Crippen LogP contribution in [-0.2, 0) is 0 Å². The van der Waals surface area contributed by atoms with Crippen LogP contribution in [0, 0.1) is 0 Å². The highest BCUT2D eigenvalue weighted by Gasteiger charge is 2.19. The molecule has 0 saturated carbocycles. The standard InChI is InChI=1S/C26H17BrClN3O3S/c1-33-23-19(12-14-5-2-3-8-18(14)22(23)27)24(32)31-26(35)29-17-9-10-21-20(13-17)30-25(34-21)15-6-4-7-16(28)11-15/h2-13H,1H3,(H2,29,31,32,35). The lowest BCUT2D eigenvalue weighted by Gasteiger charge is -2.14. The number of oxazole rings is 1. The molecule has 1 heterocycles. The number of methoxy groups -OCH3 is 1. The molecule has 6 nitrogen and oxygen atoms in total. The predicted octanol–water partition coefficient (Wildman–Crippen LogP) is 7.20. The molecule has 0 aliphatic rings. The van der Waals surface area contributed by atoms with E-state index in [2.05, 4.69) is 31.5 Å². The van der Waals surface area contributed by atoms with Gasteiger partial charge in [-0.1, -0.05) is 41.9 Å². The average molecular weight is 567 g/mol. The quantitative estimate of drug-likeness (QED) is 0.224. The van der Waals surface area contributed by atoms with Gasteiger partial charge in [-0.3, -0.25) is 10.1 Å². The first-order valence-electron chi connectivity index (χ1n) is 10.5. The van der Waals surface area contributed by atoms with Gasteiger partial charge in [0.15, 0.2) is 10.7 Å². The summed E-state index contributed by atoms with van der Waals surface area (Å²) in [5.74, 6) is 0.502. The number of carbonyl (C=O) groups is 1. The Hall–Kier alpha value is -3.46. The van der Waals surface area contributed by atoms with Crippen molar-refractivity contribution in [3.8, 4) is 17.2 Å². The molecule has 0 fully saturated rings. The van der Waals surface area contributed by atoms with Crippen LogP contribution in [0.4, 0.5) is 5.69 Å². The van der Waals surface area contributed by atoms with Crippen LogP contribution >= 0.6 is 39.7 Å². The summed E-state index contributed by atoms with van der Waals surface area (Å²) in [7, 11) is 1.52. The zero-order chi connectivity index (χ0) is 24.5. The first kappa shape index (κ1) is 23.3. The molecule has 9 heteroatoms. The fourth-order valence-corrected chi connectivity index (χ4v) is 4.87. The van der Waals surface area contributed by atoms with E-state index in [9.17, 15) is 4.79 Å². The first-order valence-corrected chi connectivity index (χ1v) is 12.0. The molecule has 2 N–H and O–H groups in total. The smallest absolute Gasteiger partial charge is 0.261 e. The highest BCUT2D eigenvalue weighted by molar-refractivity contribution is 9.10. The third kappa shape index (κ3) is 4.73. The Balaban J connectivity index is 1.35. The number of hydrogen-bond donors (Lipinski definition) is 2. The summed E-state index contributed by atoms with van der Waals surface area (Å²) >= 11 is 15.0. The van der Waals surface area contributed by atoms with Gasteiger partial charge in [0.25, 0.3) is 5.91 Å². The molecule has 0 unspecified atom stereocenters. The first-order chi connectivity index (χ1) is 16.9. The van der Waals surface area contributed by atoms with Gasteiger partial charge in [0, 0.05) is 16.3 Å². The van der Waals surface area contributed by atoms with Crippen molar-refractivity contribution in [1.29, 1.82) is 0 Å². The summed E-state index contributed by atoms with van der Waals surface area (Å²) in [4.78, 5) is 17.6. The Bertz CT molecular complexity index is 1620. The second-order valence-corrected chi connectivity index (χ2v) is 9.25. The summed E-state index contributed by atoms with van der Waals surface area (Å²) in [5.41, 5.74) is 3.05. The lowest BCUT2D eigenvalue weighted by molar-refractivity contribution is 0.0975. The Kier molecular flexibility index (Phi) is 6.42. The Labute approximate surface area is 219 Å². The van der Waals surface area contributed by atoms with E-state index >= 15 is 0 Å². The van der Waals surface area contributed by atoms with E-state index in [1.165, 1.54) is 7.11 Å². The number of aromatic nitrogens is 1. The van der Waals surface area contributed by atoms with Gasteiger partial charge in [-0.2, -0.15) is 0 Å². The third-order valence-electron chi connectivity index (χ3n) is 5.33. The molecule has 0 saturated heterocycles. The summed E-state index contributed by atoms with van der Waals surface area (Å²) in [5, 5.41) is 8.33. The largest absolute Gasteiger partial charge is 0.495 e. The van der Waals surface area contributed by atoms with Gasteiger partial charge in [-0.15, -0.1) is 0 Å². The van der Waals surface area contributed by atoms with Crippen LogP contribution in [0.5, 0.6) is 5.75 Å². The molecule has 4 aromatic carbocycles. The molecule has 174 valence electrons. The van der Waals surface area contributed by atoms with Gasteiger partial charge >= 0.3 is 0 Å². The zero-order valence-corrected chi connectivity index (χ0v) is 21.4. The van der Waals surface area contributed by atoms with Crippen molar-refractivity contribution in [2.45, 2.75) is 0 Å². The Morgan fingerprint density at radius 1 is 1.09 bits per heavy atom. The number of hydrogen-bond acceptors (Lipinski definition) is 5. The van der Waals surface area contributed by atoms with Crippen molar-refractivity contribution < 1.29 is 13.9 Å². The molecule has 0 atom stereocenters. The Morgan fingerprint density at radius 2 is 1.91 bits per heavy atom. The SMILES string of the molecule is COc1c(C(=O)NC(=S)Nc2ccc3oc(-c4cccc(Cl)c4)nc3c2)cc2ccccc2c1Br. The maximum absolute atomic E-state index is 13.0. The topological polar surface area (TPSA) is 76.4 Å². The van der Waals surface area contributed by atoms with Crippen LogP contribution in [0.2, 0.25) is 5.02 Å². The predicted molar refractivity (Wildman–Crippen MR) is 146 cm³/mol. The molecule has 1 aromatic heterocycles. The minimum atomic E-state index is -0.392. The van der Waals surface area contributed by atoms with Gasteiger partial charge in [-0.25, -0.2) is 4.98 Å². The fourth-order valence-electron chi connectivity index (χ4n) is 3.74. The van der Waals surface area contributed by atoms with E-state index in [1.807, 2.05) is 36.4 Å². The molecular formula is C26H17BrClN3O3S. The number of nitrogens with one attached hydrogen (secondary N) is 2. The number of nitrogens with zero attached hydrogens (tertiary/aromatic N) is 1. The number of anilines is 1. The molecule has 5 rings (SSSR count). The van der Waals surface area contributed by atoms with Crippen LogP contribution in [-0.4, -0.2) is 23.1 Å². The fraction of sp³-hybridized carbons (Fsp3) is 0.0385. The second-order valence-electron chi connectivity index (χ2n) is 7.61. The number of benzene rings is 4. The number of halogens is 2. The minimum Gasteiger partial charge on any atom is -0.495 e. The summed E-state index contributed by atoms with van der Waals surface area (Å²) in [6.45, 7) is 0. The molecule has 0 radical (unpaired) electrons. The summed E-state index contributed by atoms with van der Waals surface area (Å²) < 4.78 is 12.0. The van der Waals surface area contributed by atoms with Crippen molar-refractivity contribution in [2.75, 3.05) is 12.4 Å². The summed E-state index contributed by atoms with van der Waals surface area (Å²) in [6.07, 6.45) is 0. The molecule has 5 aromatic rings. The maximum Gasteiger partial charge on any atom is 0.261 e. The van der Waals surface area contributed by atoms with Crippen LogP contribution in [0.25, 0.3) is 33.3 Å². The number of carbonyl (C=O) groups excluding carboxylic acids is 1. The summed E-state index contributed by atoms with van der Waals surface area (Å²) in [6, 6.07) is 22.1. The molecule has 0 bridgehead atoms. The lowest BCUT2D eigenvalue weighted by atomic mass is 10.1. The average Bonchev–Trinajstić information content (AvgIpc) is 3.27. The van der Waals surface area contributed by atoms with E-state index in [1.54, 1.807) is 36.4 Å². The van der Waals surface area contributed by atoms with Crippen molar-refractivity contribution in [1.82, 2.24) is 10.3 Å². The molecule has 0 spiro atoms. The Morgan fingerprint density at radius 3 is 2.71 bits per heavy atom. The van der Waals surface area contributed by atoms with Crippen LogP contribution in [0.15, 0.2) is 81.7 Å². The van der Waals surface area contributed by atoms with E-state index < -0.39 is 5.91 Å². The molecular weight excluding hydrogens is 550 g/mol. The van der Waals surface area contributed by atoms with Crippen LogP contribution in [0.3, 0.4) is 0 Å². The lowest BCUT2D eigenvalue weighted by Crippen LogP contribution is -2.34. The van der Waals surface area contributed by atoms with E-state index in [0.29, 0.717) is 43.5 Å². The zero-order valence-electron chi connectivity index (χ0n) is 18.3.